The summed E-state index contributed by atoms with van der Waals surface area (Å²) in [5, 5.41) is 0. The van der Waals surface area contributed by atoms with Crippen LogP contribution >= 0.6 is 0 Å². The number of carbonyl (C=O) groups is 1. The Morgan fingerprint density at radius 3 is 2.06 bits per heavy atom. The Balaban J connectivity index is 1.78. The summed E-state index contributed by atoms with van der Waals surface area (Å²) < 4.78 is 5.68. The second-order valence-electron chi connectivity index (χ2n) is 11.2. The maximum Gasteiger partial charge on any atom is 0.311 e. The minimum absolute atomic E-state index is 0.0804. The smallest absolute Gasteiger partial charge is 0.311 e. The largest absolute Gasteiger partial charge is 0.426 e. The van der Waals surface area contributed by atoms with Gasteiger partial charge in [-0.25, -0.2) is 0 Å². The lowest BCUT2D eigenvalue weighted by molar-refractivity contribution is -0.134. The summed E-state index contributed by atoms with van der Waals surface area (Å²) in [6.45, 7) is 6.60. The Hall–Kier alpha value is -1.31. The third-order valence-corrected chi connectivity index (χ3v) is 8.12. The first-order valence-electron chi connectivity index (χ1n) is 14.9. The van der Waals surface area contributed by atoms with Crippen LogP contribution < -0.4 is 4.74 Å². The highest BCUT2D eigenvalue weighted by Gasteiger charge is 2.31. The molecule has 0 heterocycles. The van der Waals surface area contributed by atoms with Crippen LogP contribution in [0, 0.1) is 12.3 Å². The van der Waals surface area contributed by atoms with Crippen molar-refractivity contribution in [3.05, 3.63) is 29.3 Å². The van der Waals surface area contributed by atoms with Gasteiger partial charge in [-0.3, -0.25) is 4.79 Å². The number of aryl methyl sites for hydroxylation is 2. The molecule has 0 aromatic heterocycles. The molecule has 0 bridgehead atoms. The van der Waals surface area contributed by atoms with Gasteiger partial charge in [0, 0.05) is 6.42 Å². The van der Waals surface area contributed by atoms with Gasteiger partial charge in [0.15, 0.2) is 0 Å². The van der Waals surface area contributed by atoms with Gasteiger partial charge in [-0.1, -0.05) is 116 Å². The van der Waals surface area contributed by atoms with Gasteiger partial charge in [0.25, 0.3) is 0 Å². The van der Waals surface area contributed by atoms with Crippen molar-refractivity contribution in [3.8, 4) is 5.75 Å². The summed E-state index contributed by atoms with van der Waals surface area (Å²) in [7, 11) is 0. The Bertz CT molecular complexity index is 672. The molecule has 2 rings (SSSR count). The van der Waals surface area contributed by atoms with E-state index in [0.717, 1.165) is 30.6 Å². The summed E-state index contributed by atoms with van der Waals surface area (Å²) in [4.78, 5) is 12.2. The number of hydrogen-bond donors (Lipinski definition) is 0. The number of esters is 1. The molecule has 0 radical (unpaired) electrons. The molecule has 34 heavy (non-hydrogen) atoms. The van der Waals surface area contributed by atoms with E-state index in [1.165, 1.54) is 115 Å². The zero-order valence-electron chi connectivity index (χ0n) is 22.9. The Kier molecular flexibility index (Phi) is 14.6. The van der Waals surface area contributed by atoms with Gasteiger partial charge in [-0.2, -0.15) is 0 Å². The van der Waals surface area contributed by atoms with E-state index in [4.69, 9.17) is 4.74 Å². The molecule has 1 aliphatic carbocycles. The van der Waals surface area contributed by atoms with Crippen LogP contribution in [0.25, 0.3) is 0 Å². The highest BCUT2D eigenvalue weighted by molar-refractivity contribution is 5.72. The SMILES string of the molecule is CCCCCCCCCC1(CCc2ccc(OC(=O)CCCCCCC)c(C)c2)CCCCC1. The van der Waals surface area contributed by atoms with Crippen LogP contribution in [0.5, 0.6) is 5.75 Å². The molecule has 0 aliphatic heterocycles. The van der Waals surface area contributed by atoms with Crippen LogP contribution in [0.2, 0.25) is 0 Å². The molecule has 2 heteroatoms. The first-order valence-corrected chi connectivity index (χ1v) is 14.9. The fraction of sp³-hybridized carbons (Fsp3) is 0.781. The average Bonchev–Trinajstić information content (AvgIpc) is 2.84. The normalized spacial score (nSPS) is 15.4. The van der Waals surface area contributed by atoms with Crippen LogP contribution in [0.1, 0.15) is 153 Å². The van der Waals surface area contributed by atoms with E-state index in [9.17, 15) is 4.79 Å². The number of rotatable bonds is 18. The van der Waals surface area contributed by atoms with Crippen molar-refractivity contribution in [3.63, 3.8) is 0 Å². The summed E-state index contributed by atoms with van der Waals surface area (Å²) >= 11 is 0. The molecular formula is C32H54O2. The molecule has 0 saturated heterocycles. The second kappa shape index (κ2) is 17.2. The van der Waals surface area contributed by atoms with Gasteiger partial charge in [0.05, 0.1) is 0 Å². The minimum Gasteiger partial charge on any atom is -0.426 e. The molecule has 2 nitrogen and oxygen atoms in total. The predicted octanol–water partition coefficient (Wildman–Crippen LogP) is 10.3. The first-order chi connectivity index (χ1) is 16.6. The standard InChI is InChI=1S/C32H54O2/c1-4-6-8-10-11-13-16-23-32(24-17-14-18-25-32)26-22-29-20-21-30(28(3)27-29)34-31(33)19-15-12-9-7-5-2/h20-21,27H,4-19,22-26H2,1-3H3. The van der Waals surface area contributed by atoms with Gasteiger partial charge in [-0.05, 0) is 68.1 Å². The Labute approximate surface area is 211 Å². The van der Waals surface area contributed by atoms with Crippen LogP contribution in [0.15, 0.2) is 18.2 Å². The zero-order valence-corrected chi connectivity index (χ0v) is 22.9. The summed E-state index contributed by atoms with van der Waals surface area (Å²) in [5.41, 5.74) is 3.07. The molecule has 0 amide bonds. The minimum atomic E-state index is -0.0804. The molecule has 1 aliphatic rings. The molecule has 194 valence electrons. The number of ether oxygens (including phenoxy) is 1. The fourth-order valence-electron chi connectivity index (χ4n) is 5.82. The molecule has 1 aromatic carbocycles. The first kappa shape index (κ1) is 28.9. The third kappa shape index (κ3) is 11.4. The highest BCUT2D eigenvalue weighted by atomic mass is 16.5. The maximum atomic E-state index is 12.2. The molecule has 0 spiro atoms. The fourth-order valence-corrected chi connectivity index (χ4v) is 5.82. The molecule has 1 saturated carbocycles. The molecule has 1 fully saturated rings. The van der Waals surface area contributed by atoms with Crippen molar-refractivity contribution >= 4 is 5.97 Å². The third-order valence-electron chi connectivity index (χ3n) is 8.12. The van der Waals surface area contributed by atoms with Crippen molar-refractivity contribution in [2.45, 2.75) is 156 Å². The lowest BCUT2D eigenvalue weighted by Gasteiger charge is -2.38. The lowest BCUT2D eigenvalue weighted by Crippen LogP contribution is -2.25. The summed E-state index contributed by atoms with van der Waals surface area (Å²) in [5.74, 6) is 0.668. The van der Waals surface area contributed by atoms with Crippen molar-refractivity contribution < 1.29 is 9.53 Å². The van der Waals surface area contributed by atoms with Gasteiger partial charge >= 0.3 is 5.97 Å². The number of benzene rings is 1. The monoisotopic (exact) mass is 470 g/mol. The Morgan fingerprint density at radius 2 is 1.41 bits per heavy atom. The summed E-state index contributed by atoms with van der Waals surface area (Å²) in [6.07, 6.45) is 27.2. The molecule has 0 N–H and O–H groups in total. The van der Waals surface area contributed by atoms with E-state index in [0.29, 0.717) is 11.8 Å². The van der Waals surface area contributed by atoms with Gasteiger partial charge in [0.1, 0.15) is 5.75 Å². The van der Waals surface area contributed by atoms with Gasteiger partial charge in [0.2, 0.25) is 0 Å². The van der Waals surface area contributed by atoms with E-state index in [2.05, 4.69) is 32.9 Å². The van der Waals surface area contributed by atoms with E-state index in [-0.39, 0.29) is 5.97 Å². The van der Waals surface area contributed by atoms with Crippen LogP contribution in [0.4, 0.5) is 0 Å². The zero-order chi connectivity index (χ0) is 24.5. The van der Waals surface area contributed by atoms with Crippen LogP contribution in [0.3, 0.4) is 0 Å². The average molecular weight is 471 g/mol. The van der Waals surface area contributed by atoms with Gasteiger partial charge < -0.3 is 4.74 Å². The number of unbranched alkanes of at least 4 members (excludes halogenated alkanes) is 10. The van der Waals surface area contributed by atoms with Crippen molar-refractivity contribution in [1.29, 1.82) is 0 Å². The molecule has 0 unspecified atom stereocenters. The lowest BCUT2D eigenvalue weighted by atomic mass is 9.68. The quantitative estimate of drug-likeness (QED) is 0.121. The topological polar surface area (TPSA) is 26.3 Å². The van der Waals surface area contributed by atoms with E-state index in [1.54, 1.807) is 0 Å². The van der Waals surface area contributed by atoms with E-state index >= 15 is 0 Å². The maximum absolute atomic E-state index is 12.2. The van der Waals surface area contributed by atoms with Crippen LogP contribution in [-0.4, -0.2) is 5.97 Å². The highest BCUT2D eigenvalue weighted by Crippen LogP contribution is 2.44. The number of hydrogen-bond acceptors (Lipinski definition) is 2. The van der Waals surface area contributed by atoms with E-state index in [1.807, 2.05) is 6.07 Å². The van der Waals surface area contributed by atoms with Crippen LogP contribution in [-0.2, 0) is 11.2 Å². The summed E-state index contributed by atoms with van der Waals surface area (Å²) in [6, 6.07) is 6.48. The van der Waals surface area contributed by atoms with Gasteiger partial charge in [-0.15, -0.1) is 0 Å². The van der Waals surface area contributed by atoms with Crippen molar-refractivity contribution in [1.82, 2.24) is 0 Å². The van der Waals surface area contributed by atoms with E-state index < -0.39 is 0 Å². The molecule has 1 aromatic rings. The number of carbonyl (C=O) groups excluding carboxylic acids is 1. The molecular weight excluding hydrogens is 416 g/mol. The Morgan fingerprint density at radius 1 is 0.794 bits per heavy atom. The molecule has 0 atom stereocenters. The van der Waals surface area contributed by atoms with Crippen molar-refractivity contribution in [2.24, 2.45) is 5.41 Å². The second-order valence-corrected chi connectivity index (χ2v) is 11.2. The van der Waals surface area contributed by atoms with Crippen molar-refractivity contribution in [2.75, 3.05) is 0 Å². The predicted molar refractivity (Wildman–Crippen MR) is 147 cm³/mol.